The average Bonchev–Trinajstić information content (AvgIpc) is 2.60. The Hall–Kier alpha value is -0.0900. The van der Waals surface area contributed by atoms with Gasteiger partial charge in [-0.3, -0.25) is 0 Å². The predicted octanol–water partition coefficient (Wildman–Crippen LogP) is 3.22. The van der Waals surface area contributed by atoms with Crippen LogP contribution in [0.25, 0.3) is 0 Å². The maximum Gasteiger partial charge on any atom is 0.0931 e. The highest BCUT2D eigenvalue weighted by Gasteiger charge is 2.19. The molecule has 14 heavy (non-hydrogen) atoms. The van der Waals surface area contributed by atoms with E-state index in [1.165, 1.54) is 11.3 Å². The van der Waals surface area contributed by atoms with Crippen LogP contribution in [0.1, 0.15) is 31.2 Å². The van der Waals surface area contributed by atoms with Gasteiger partial charge in [0.1, 0.15) is 0 Å². The van der Waals surface area contributed by atoms with Crippen LogP contribution in [0.5, 0.6) is 0 Å². The van der Waals surface area contributed by atoms with E-state index in [0.717, 1.165) is 15.6 Å². The van der Waals surface area contributed by atoms with Crippen LogP contribution in [0.2, 0.25) is 4.34 Å². The van der Waals surface area contributed by atoms with Crippen LogP contribution in [-0.4, -0.2) is 12.7 Å². The van der Waals surface area contributed by atoms with Crippen molar-refractivity contribution >= 4 is 22.9 Å². The summed E-state index contributed by atoms with van der Waals surface area (Å²) in [4.78, 5) is 1.09. The Morgan fingerprint density at radius 2 is 2.21 bits per heavy atom. The van der Waals surface area contributed by atoms with E-state index in [0.29, 0.717) is 6.61 Å². The van der Waals surface area contributed by atoms with Gasteiger partial charge in [0.25, 0.3) is 0 Å². The van der Waals surface area contributed by atoms with Gasteiger partial charge in [-0.05, 0) is 25.5 Å². The third-order valence-electron chi connectivity index (χ3n) is 2.11. The van der Waals surface area contributed by atoms with E-state index in [9.17, 15) is 0 Å². The van der Waals surface area contributed by atoms with Crippen LogP contribution < -0.4 is 5.73 Å². The minimum Gasteiger partial charge on any atom is -0.377 e. The van der Waals surface area contributed by atoms with Crippen molar-refractivity contribution in [2.45, 2.75) is 32.4 Å². The van der Waals surface area contributed by atoms with Gasteiger partial charge in [-0.25, -0.2) is 0 Å². The van der Waals surface area contributed by atoms with Crippen molar-refractivity contribution in [1.29, 1.82) is 0 Å². The van der Waals surface area contributed by atoms with Crippen molar-refractivity contribution in [2.75, 3.05) is 6.61 Å². The van der Waals surface area contributed by atoms with Crippen molar-refractivity contribution in [1.82, 2.24) is 0 Å². The lowest BCUT2D eigenvalue weighted by Gasteiger charge is -2.21. The second-order valence-electron chi connectivity index (χ2n) is 3.07. The van der Waals surface area contributed by atoms with E-state index in [1.54, 1.807) is 0 Å². The first-order valence-electron chi connectivity index (χ1n) is 4.81. The summed E-state index contributed by atoms with van der Waals surface area (Å²) in [5, 5.41) is 0. The molecule has 0 spiro atoms. The molecular weight excluding hydrogens is 218 g/mol. The van der Waals surface area contributed by atoms with E-state index in [1.807, 2.05) is 19.1 Å². The van der Waals surface area contributed by atoms with Crippen LogP contribution in [0.4, 0.5) is 0 Å². The highest BCUT2D eigenvalue weighted by Crippen LogP contribution is 2.29. The summed E-state index contributed by atoms with van der Waals surface area (Å²) in [6, 6.07) is 3.79. The average molecular weight is 234 g/mol. The van der Waals surface area contributed by atoms with E-state index in [4.69, 9.17) is 22.1 Å². The Bertz CT molecular complexity index is 277. The monoisotopic (exact) mass is 233 g/mol. The van der Waals surface area contributed by atoms with Crippen LogP contribution in [0.15, 0.2) is 12.1 Å². The number of thiophene rings is 1. The van der Waals surface area contributed by atoms with Crippen LogP contribution in [0.3, 0.4) is 0 Å². The zero-order valence-corrected chi connectivity index (χ0v) is 10.1. The van der Waals surface area contributed by atoms with Crippen molar-refractivity contribution in [3.05, 3.63) is 21.3 Å². The van der Waals surface area contributed by atoms with E-state index in [2.05, 4.69) is 6.92 Å². The van der Waals surface area contributed by atoms with Crippen molar-refractivity contribution in [3.8, 4) is 0 Å². The van der Waals surface area contributed by atoms with Crippen LogP contribution >= 0.6 is 22.9 Å². The summed E-state index contributed by atoms with van der Waals surface area (Å²) in [5.74, 6) is 0. The molecule has 0 aliphatic rings. The Kier molecular flexibility index (Phi) is 4.89. The summed E-state index contributed by atoms with van der Waals surface area (Å²) >= 11 is 7.38. The van der Waals surface area contributed by atoms with Gasteiger partial charge in [0.15, 0.2) is 0 Å². The molecule has 0 radical (unpaired) electrons. The molecule has 1 heterocycles. The maximum absolute atomic E-state index is 6.08. The van der Waals surface area contributed by atoms with Gasteiger partial charge in [-0.2, -0.15) is 0 Å². The molecule has 0 aliphatic carbocycles. The highest BCUT2D eigenvalue weighted by molar-refractivity contribution is 7.16. The second kappa shape index (κ2) is 5.71. The first kappa shape index (κ1) is 12.0. The molecule has 1 rings (SSSR count). The van der Waals surface area contributed by atoms with Crippen molar-refractivity contribution < 1.29 is 4.74 Å². The fraction of sp³-hybridized carbons (Fsp3) is 0.600. The number of rotatable bonds is 5. The fourth-order valence-electron chi connectivity index (χ4n) is 1.38. The quantitative estimate of drug-likeness (QED) is 0.848. The molecule has 2 nitrogen and oxygen atoms in total. The first-order chi connectivity index (χ1) is 6.69. The van der Waals surface area contributed by atoms with Gasteiger partial charge >= 0.3 is 0 Å². The molecule has 0 aromatic carbocycles. The van der Waals surface area contributed by atoms with Crippen molar-refractivity contribution in [3.63, 3.8) is 0 Å². The Morgan fingerprint density at radius 3 is 2.64 bits per heavy atom. The molecule has 0 bridgehead atoms. The van der Waals surface area contributed by atoms with E-state index in [-0.39, 0.29) is 12.1 Å². The normalized spacial score (nSPS) is 15.4. The molecule has 2 unspecified atom stereocenters. The number of hydrogen-bond donors (Lipinski definition) is 1. The van der Waals surface area contributed by atoms with Gasteiger partial charge in [-0.1, -0.05) is 18.5 Å². The lowest BCUT2D eigenvalue weighted by molar-refractivity contribution is 0.0421. The first-order valence-corrected chi connectivity index (χ1v) is 6.00. The third-order valence-corrected chi connectivity index (χ3v) is 3.44. The molecule has 2 atom stereocenters. The number of halogens is 1. The molecule has 0 saturated carbocycles. The van der Waals surface area contributed by atoms with Gasteiger partial charge in [0.2, 0.25) is 0 Å². The maximum atomic E-state index is 6.08. The number of hydrogen-bond acceptors (Lipinski definition) is 3. The predicted molar refractivity (Wildman–Crippen MR) is 62.0 cm³/mol. The lowest BCUT2D eigenvalue weighted by atomic mass is 10.1. The smallest absolute Gasteiger partial charge is 0.0931 e. The highest BCUT2D eigenvalue weighted by atomic mass is 35.5. The summed E-state index contributed by atoms with van der Waals surface area (Å²) < 4.78 is 6.33. The van der Waals surface area contributed by atoms with Crippen molar-refractivity contribution in [2.24, 2.45) is 5.73 Å². The summed E-state index contributed by atoms with van der Waals surface area (Å²) in [7, 11) is 0. The molecule has 0 fully saturated rings. The third kappa shape index (κ3) is 2.95. The molecule has 1 aromatic rings. The van der Waals surface area contributed by atoms with Gasteiger partial charge in [-0.15, -0.1) is 11.3 Å². The topological polar surface area (TPSA) is 35.2 Å². The summed E-state index contributed by atoms with van der Waals surface area (Å²) in [6.07, 6.45) is 1.01. The molecule has 0 saturated heterocycles. The Morgan fingerprint density at radius 1 is 1.50 bits per heavy atom. The molecule has 80 valence electrons. The SMILES string of the molecule is CCOC(CC)C(N)c1ccc(Cl)s1. The number of ether oxygens (including phenoxy) is 1. The largest absolute Gasteiger partial charge is 0.377 e. The zero-order valence-electron chi connectivity index (χ0n) is 8.50. The zero-order chi connectivity index (χ0) is 10.6. The fourth-order valence-corrected chi connectivity index (χ4v) is 2.50. The molecule has 0 amide bonds. The Balaban J connectivity index is 2.66. The van der Waals surface area contributed by atoms with Crippen LogP contribution in [-0.2, 0) is 4.74 Å². The molecular formula is C10H16ClNOS. The summed E-state index contributed by atoms with van der Waals surface area (Å²) in [6.45, 7) is 4.76. The van der Waals surface area contributed by atoms with E-state index < -0.39 is 0 Å². The lowest BCUT2D eigenvalue weighted by Crippen LogP contribution is -2.27. The number of nitrogens with two attached hydrogens (primary N) is 1. The second-order valence-corrected chi connectivity index (χ2v) is 4.82. The van der Waals surface area contributed by atoms with Gasteiger partial charge in [0.05, 0.1) is 16.5 Å². The standard InChI is InChI=1S/C10H16ClNOS/c1-3-7(13-4-2)10(12)8-5-6-9(11)14-8/h5-7,10H,3-4,12H2,1-2H3. The van der Waals surface area contributed by atoms with Crippen LogP contribution in [0, 0.1) is 0 Å². The molecule has 0 aliphatic heterocycles. The molecule has 4 heteroatoms. The minimum atomic E-state index is -0.0579. The Labute approximate surface area is 94.0 Å². The van der Waals surface area contributed by atoms with Gasteiger partial charge < -0.3 is 10.5 Å². The summed E-state index contributed by atoms with van der Waals surface area (Å²) in [5.41, 5.74) is 6.08. The van der Waals surface area contributed by atoms with E-state index >= 15 is 0 Å². The van der Waals surface area contributed by atoms with Gasteiger partial charge in [0, 0.05) is 11.5 Å². The molecule has 2 N–H and O–H groups in total. The molecule has 1 aromatic heterocycles. The minimum absolute atomic E-state index is 0.0579.